The van der Waals surface area contributed by atoms with Crippen molar-refractivity contribution < 1.29 is 31.7 Å². The van der Waals surface area contributed by atoms with E-state index in [0.29, 0.717) is 17.9 Å². The van der Waals surface area contributed by atoms with Crippen molar-refractivity contribution in [2.45, 2.75) is 37.9 Å². The molecule has 126 valence electrons. The lowest BCUT2D eigenvalue weighted by Gasteiger charge is -2.28. The lowest BCUT2D eigenvalue weighted by molar-refractivity contribution is -0.139. The lowest BCUT2D eigenvalue weighted by atomic mass is 10.0. The number of piperidine rings is 1. The van der Waals surface area contributed by atoms with Crippen LogP contribution in [0, 0.1) is 0 Å². The fourth-order valence-electron chi connectivity index (χ4n) is 2.42. The molecule has 2 aliphatic heterocycles. The van der Waals surface area contributed by atoms with Crippen LogP contribution in [0.3, 0.4) is 0 Å². The Kier molecular flexibility index (Phi) is 4.87. The predicted octanol–water partition coefficient (Wildman–Crippen LogP) is -1.62. The van der Waals surface area contributed by atoms with Crippen LogP contribution in [-0.2, 0) is 24.3 Å². The van der Waals surface area contributed by atoms with Crippen LogP contribution in [0.4, 0.5) is 4.79 Å². The van der Waals surface area contributed by atoms with E-state index in [1.165, 1.54) is 4.90 Å². The van der Waals surface area contributed by atoms with E-state index in [0.717, 1.165) is 0 Å². The first-order valence-electron chi connectivity index (χ1n) is 6.63. The number of carbonyl (C=O) groups is 2. The summed E-state index contributed by atoms with van der Waals surface area (Å²) in [5.74, 6) is -0.527. The third-order valence-corrected chi connectivity index (χ3v) is 3.67. The highest BCUT2D eigenvalue weighted by atomic mass is 32.3. The number of nitrogens with one attached hydrogen (secondary N) is 1. The number of carbonyl (C=O) groups excluding carboxylic acids is 2. The molecule has 0 radical (unpaired) electrons. The van der Waals surface area contributed by atoms with Crippen LogP contribution in [0.25, 0.3) is 0 Å². The molecular formula is C10H18N4O7S. The zero-order chi connectivity index (χ0) is 16.5. The van der Waals surface area contributed by atoms with E-state index in [-0.39, 0.29) is 19.2 Å². The van der Waals surface area contributed by atoms with E-state index in [1.807, 2.05) is 0 Å². The monoisotopic (exact) mass is 338 g/mol. The summed E-state index contributed by atoms with van der Waals surface area (Å²) in [4.78, 5) is 30.2. The van der Waals surface area contributed by atoms with Crippen molar-refractivity contribution in [2.24, 2.45) is 5.73 Å². The molecule has 3 atom stereocenters. The van der Waals surface area contributed by atoms with Crippen molar-refractivity contribution in [3.05, 3.63) is 0 Å². The number of urea groups is 1. The number of amides is 3. The van der Waals surface area contributed by atoms with E-state index in [9.17, 15) is 18.0 Å². The third-order valence-electron chi connectivity index (χ3n) is 3.32. The average molecular weight is 338 g/mol. The summed E-state index contributed by atoms with van der Waals surface area (Å²) in [7, 11) is -4.80. The van der Waals surface area contributed by atoms with Gasteiger partial charge in [-0.1, -0.05) is 0 Å². The van der Waals surface area contributed by atoms with Gasteiger partial charge in [0.1, 0.15) is 6.04 Å². The molecule has 2 heterocycles. The Morgan fingerprint density at radius 1 is 1.55 bits per heavy atom. The summed E-state index contributed by atoms with van der Waals surface area (Å²) in [6.07, 6.45) is 0.665. The molecule has 2 saturated heterocycles. The minimum absolute atomic E-state index is 0.118. The summed E-state index contributed by atoms with van der Waals surface area (Å²) in [6, 6.07) is -2.40. The molecular weight excluding hydrogens is 320 g/mol. The summed E-state index contributed by atoms with van der Waals surface area (Å²) in [5.41, 5.74) is 7.68. The van der Waals surface area contributed by atoms with Crippen molar-refractivity contribution in [1.29, 1.82) is 0 Å². The Morgan fingerprint density at radius 3 is 2.82 bits per heavy atom. The standard InChI is InChI=1S/C10H18N4O7S/c1-6(11)5-20-12-9(15)8-3-2-7-4-13(8)10(16)14(7)21-22(17,18)19/h6-8H,2-5,11H2,1H3,(H,12,15)(H,17,18,19)/t6-,7-,8?/m1/s1. The Balaban J connectivity index is 1.98. The second-order valence-electron chi connectivity index (χ2n) is 5.26. The van der Waals surface area contributed by atoms with Gasteiger partial charge < -0.3 is 10.6 Å². The molecule has 22 heavy (non-hydrogen) atoms. The summed E-state index contributed by atoms with van der Waals surface area (Å²) in [5, 5.41) is 0.575. The van der Waals surface area contributed by atoms with Crippen LogP contribution >= 0.6 is 0 Å². The van der Waals surface area contributed by atoms with Crippen molar-refractivity contribution in [3.8, 4) is 0 Å². The number of nitrogens with two attached hydrogens (primary N) is 1. The maximum absolute atomic E-state index is 12.1. The van der Waals surface area contributed by atoms with Crippen LogP contribution in [0.2, 0.25) is 0 Å². The molecule has 0 saturated carbocycles. The van der Waals surface area contributed by atoms with Gasteiger partial charge in [0.05, 0.1) is 12.6 Å². The van der Waals surface area contributed by atoms with Gasteiger partial charge in [-0.15, -0.1) is 4.28 Å². The molecule has 12 heteroatoms. The Bertz CT molecular complexity index is 551. The molecule has 2 aliphatic rings. The zero-order valence-electron chi connectivity index (χ0n) is 11.8. The molecule has 2 bridgehead atoms. The maximum Gasteiger partial charge on any atom is 0.418 e. The molecule has 2 fully saturated rings. The van der Waals surface area contributed by atoms with E-state index >= 15 is 0 Å². The topological polar surface area (TPSA) is 151 Å². The van der Waals surface area contributed by atoms with Gasteiger partial charge in [-0.25, -0.2) is 10.3 Å². The number of hydrogen-bond donors (Lipinski definition) is 3. The molecule has 0 spiro atoms. The lowest BCUT2D eigenvalue weighted by Crippen LogP contribution is -2.50. The molecule has 0 aromatic carbocycles. The number of hydroxylamine groups is 3. The minimum Gasteiger partial charge on any atom is -0.326 e. The Labute approximate surface area is 127 Å². The van der Waals surface area contributed by atoms with E-state index in [1.54, 1.807) is 6.92 Å². The predicted molar refractivity (Wildman–Crippen MR) is 71.1 cm³/mol. The first kappa shape index (κ1) is 16.9. The largest absolute Gasteiger partial charge is 0.418 e. The fraction of sp³-hybridized carbons (Fsp3) is 0.800. The molecule has 0 aromatic heterocycles. The van der Waals surface area contributed by atoms with Crippen molar-refractivity contribution in [3.63, 3.8) is 0 Å². The molecule has 2 rings (SSSR count). The highest BCUT2D eigenvalue weighted by Crippen LogP contribution is 2.30. The van der Waals surface area contributed by atoms with Gasteiger partial charge in [0.15, 0.2) is 0 Å². The quantitative estimate of drug-likeness (QED) is 0.386. The van der Waals surface area contributed by atoms with Gasteiger partial charge >= 0.3 is 16.4 Å². The number of rotatable bonds is 6. The molecule has 4 N–H and O–H groups in total. The molecule has 1 unspecified atom stereocenters. The van der Waals surface area contributed by atoms with Crippen LogP contribution < -0.4 is 11.2 Å². The van der Waals surface area contributed by atoms with Crippen LogP contribution in [0.1, 0.15) is 19.8 Å². The third kappa shape index (κ3) is 3.84. The maximum atomic E-state index is 12.1. The van der Waals surface area contributed by atoms with Gasteiger partial charge in [-0.05, 0) is 19.8 Å². The minimum atomic E-state index is -4.80. The summed E-state index contributed by atoms with van der Waals surface area (Å²) >= 11 is 0. The smallest absolute Gasteiger partial charge is 0.326 e. The van der Waals surface area contributed by atoms with Crippen LogP contribution in [-0.4, -0.2) is 66.1 Å². The first-order chi connectivity index (χ1) is 10.2. The summed E-state index contributed by atoms with van der Waals surface area (Å²) < 4.78 is 34.4. The summed E-state index contributed by atoms with van der Waals surface area (Å²) in [6.45, 7) is 1.94. The fourth-order valence-corrected chi connectivity index (χ4v) is 2.80. The number of nitrogens with zero attached hydrogens (tertiary/aromatic N) is 2. The zero-order valence-corrected chi connectivity index (χ0v) is 12.7. The van der Waals surface area contributed by atoms with Crippen LogP contribution in [0.5, 0.6) is 0 Å². The SMILES string of the molecule is C[C@@H](N)CONC(=O)C1CC[C@@H]2CN1C(=O)N2OS(=O)(=O)O. The molecule has 3 amide bonds. The van der Waals surface area contributed by atoms with Crippen molar-refractivity contribution in [1.82, 2.24) is 15.4 Å². The number of hydrogen-bond acceptors (Lipinski definition) is 7. The second-order valence-corrected chi connectivity index (χ2v) is 6.27. The Hall–Kier alpha value is -1.47. The average Bonchev–Trinajstić information content (AvgIpc) is 2.62. The van der Waals surface area contributed by atoms with E-state index in [4.69, 9.17) is 15.1 Å². The molecule has 0 aromatic rings. The molecule has 11 nitrogen and oxygen atoms in total. The van der Waals surface area contributed by atoms with Crippen molar-refractivity contribution >= 4 is 22.3 Å². The van der Waals surface area contributed by atoms with Gasteiger partial charge in [-0.3, -0.25) is 14.2 Å². The Morgan fingerprint density at radius 2 is 2.23 bits per heavy atom. The van der Waals surface area contributed by atoms with Crippen molar-refractivity contribution in [2.75, 3.05) is 13.2 Å². The number of fused-ring (bicyclic) bond motifs is 2. The normalized spacial score (nSPS) is 26.2. The van der Waals surface area contributed by atoms with Gasteiger partial charge in [-0.2, -0.15) is 13.5 Å². The first-order valence-corrected chi connectivity index (χ1v) is 7.99. The van der Waals surface area contributed by atoms with Crippen LogP contribution in [0.15, 0.2) is 0 Å². The van der Waals surface area contributed by atoms with Gasteiger partial charge in [0.25, 0.3) is 5.91 Å². The van der Waals surface area contributed by atoms with Gasteiger partial charge in [0.2, 0.25) is 0 Å². The van der Waals surface area contributed by atoms with E-state index < -0.39 is 34.4 Å². The van der Waals surface area contributed by atoms with E-state index in [2.05, 4.69) is 9.76 Å². The second kappa shape index (κ2) is 6.34. The van der Waals surface area contributed by atoms with Gasteiger partial charge in [0, 0.05) is 12.6 Å². The molecule has 0 aliphatic carbocycles. The highest BCUT2D eigenvalue weighted by molar-refractivity contribution is 7.80. The highest BCUT2D eigenvalue weighted by Gasteiger charge is 2.49.